The number of imidazole rings is 1. The number of alkyl halides is 3. The summed E-state index contributed by atoms with van der Waals surface area (Å²) in [6.45, 7) is 5.60. The van der Waals surface area contributed by atoms with Gasteiger partial charge in [-0.25, -0.2) is 4.79 Å². The average Bonchev–Trinajstić information content (AvgIpc) is 3.15. The molecule has 0 spiro atoms. The Morgan fingerprint density at radius 3 is 2.22 bits per heavy atom. The van der Waals surface area contributed by atoms with Crippen LogP contribution in [-0.2, 0) is 12.7 Å². The van der Waals surface area contributed by atoms with Crippen LogP contribution in [0.25, 0.3) is 11.0 Å². The molecule has 1 fully saturated rings. The van der Waals surface area contributed by atoms with Crippen molar-refractivity contribution in [3.05, 3.63) is 93.4 Å². The SMILES string of the molecule is COc1cccc2c1n(Cc1ccccc1C(F)(F)F)c(=O)n2C1CCN(c2c(C)cccc2C)CC1. The third kappa shape index (κ3) is 4.49. The summed E-state index contributed by atoms with van der Waals surface area (Å²) in [5.74, 6) is 0.464. The van der Waals surface area contributed by atoms with Gasteiger partial charge in [0.25, 0.3) is 0 Å². The fourth-order valence-electron chi connectivity index (χ4n) is 5.73. The zero-order chi connectivity index (χ0) is 26.3. The topological polar surface area (TPSA) is 39.4 Å². The summed E-state index contributed by atoms with van der Waals surface area (Å²) in [6.07, 6.45) is -3.00. The molecule has 0 amide bonds. The molecule has 37 heavy (non-hydrogen) atoms. The van der Waals surface area contributed by atoms with Crippen molar-refractivity contribution in [1.29, 1.82) is 0 Å². The van der Waals surface area contributed by atoms with Crippen LogP contribution in [0.3, 0.4) is 0 Å². The van der Waals surface area contributed by atoms with E-state index >= 15 is 0 Å². The lowest BCUT2D eigenvalue weighted by Crippen LogP contribution is -2.38. The summed E-state index contributed by atoms with van der Waals surface area (Å²) in [7, 11) is 1.51. The van der Waals surface area contributed by atoms with Gasteiger partial charge in [-0.2, -0.15) is 13.2 Å². The lowest BCUT2D eigenvalue weighted by Gasteiger charge is -2.35. The first-order valence-corrected chi connectivity index (χ1v) is 12.4. The summed E-state index contributed by atoms with van der Waals surface area (Å²) < 4.78 is 49.9. The van der Waals surface area contributed by atoms with E-state index in [0.717, 1.165) is 32.0 Å². The average molecular weight is 510 g/mol. The van der Waals surface area contributed by atoms with E-state index in [0.29, 0.717) is 16.8 Å². The van der Waals surface area contributed by atoms with Crippen molar-refractivity contribution < 1.29 is 17.9 Å². The fourth-order valence-corrected chi connectivity index (χ4v) is 5.73. The van der Waals surface area contributed by atoms with Crippen molar-refractivity contribution in [1.82, 2.24) is 9.13 Å². The van der Waals surface area contributed by atoms with Crippen LogP contribution < -0.4 is 15.3 Å². The van der Waals surface area contributed by atoms with Gasteiger partial charge in [0.2, 0.25) is 0 Å². The number of benzene rings is 3. The Bertz CT molecular complexity index is 1470. The summed E-state index contributed by atoms with van der Waals surface area (Å²) in [4.78, 5) is 16.2. The molecule has 1 aliphatic heterocycles. The standard InChI is InChI=1S/C29H30F3N3O2/c1-19-8-6-9-20(2)26(19)33-16-14-22(15-17-33)35-24-12-7-13-25(37-3)27(24)34(28(35)36)18-21-10-4-5-11-23(21)29(30,31)32/h4-13,22H,14-18H2,1-3H3. The number of ether oxygens (including phenoxy) is 1. The molecule has 0 saturated carbocycles. The molecule has 3 aromatic carbocycles. The van der Waals surface area contributed by atoms with Gasteiger partial charge in [-0.1, -0.05) is 42.5 Å². The number of hydrogen-bond acceptors (Lipinski definition) is 3. The lowest BCUT2D eigenvalue weighted by molar-refractivity contribution is -0.138. The Morgan fingerprint density at radius 2 is 1.57 bits per heavy atom. The first kappa shape index (κ1) is 25.0. The zero-order valence-electron chi connectivity index (χ0n) is 21.2. The van der Waals surface area contributed by atoms with Gasteiger partial charge in [0.15, 0.2) is 0 Å². The largest absolute Gasteiger partial charge is 0.494 e. The van der Waals surface area contributed by atoms with Gasteiger partial charge in [0.05, 0.1) is 24.7 Å². The van der Waals surface area contributed by atoms with Gasteiger partial charge in [-0.15, -0.1) is 0 Å². The van der Waals surface area contributed by atoms with Gasteiger partial charge < -0.3 is 9.64 Å². The molecule has 0 bridgehead atoms. The molecule has 1 aliphatic rings. The molecule has 4 aromatic rings. The molecular formula is C29H30F3N3O2. The molecule has 0 aliphatic carbocycles. The number of nitrogens with zero attached hydrogens (tertiary/aromatic N) is 3. The van der Waals surface area contributed by atoms with Crippen molar-refractivity contribution in [3.8, 4) is 5.75 Å². The maximum absolute atomic E-state index is 13.9. The van der Waals surface area contributed by atoms with Crippen LogP contribution in [0.15, 0.2) is 65.5 Å². The number of fused-ring (bicyclic) bond motifs is 1. The number of methoxy groups -OCH3 is 1. The van der Waals surface area contributed by atoms with E-state index in [1.54, 1.807) is 16.7 Å². The zero-order valence-corrected chi connectivity index (χ0v) is 21.2. The van der Waals surface area contributed by atoms with Crippen LogP contribution in [-0.4, -0.2) is 29.3 Å². The van der Waals surface area contributed by atoms with Gasteiger partial charge in [-0.3, -0.25) is 9.13 Å². The summed E-state index contributed by atoms with van der Waals surface area (Å²) >= 11 is 0. The molecular weight excluding hydrogens is 479 g/mol. The molecule has 5 nitrogen and oxygen atoms in total. The van der Waals surface area contributed by atoms with Crippen molar-refractivity contribution in [2.75, 3.05) is 25.1 Å². The molecule has 0 atom stereocenters. The second-order valence-electron chi connectivity index (χ2n) is 9.68. The second kappa shape index (κ2) is 9.65. The number of piperidine rings is 1. The lowest BCUT2D eigenvalue weighted by atomic mass is 10.0. The highest BCUT2D eigenvalue weighted by Gasteiger charge is 2.34. The predicted octanol–water partition coefficient (Wildman–Crippen LogP) is 6.34. The molecule has 5 rings (SSSR count). The van der Waals surface area contributed by atoms with Crippen molar-refractivity contribution >= 4 is 16.7 Å². The summed E-state index contributed by atoms with van der Waals surface area (Å²) in [6, 6.07) is 17.0. The monoisotopic (exact) mass is 509 g/mol. The van der Waals surface area contributed by atoms with Crippen molar-refractivity contribution in [2.24, 2.45) is 0 Å². The minimum atomic E-state index is -4.51. The van der Waals surface area contributed by atoms with Gasteiger partial charge >= 0.3 is 11.9 Å². The molecule has 8 heteroatoms. The Labute approximate surface area is 213 Å². The highest BCUT2D eigenvalue weighted by atomic mass is 19.4. The maximum Gasteiger partial charge on any atom is 0.416 e. The Balaban J connectivity index is 1.55. The highest BCUT2D eigenvalue weighted by molar-refractivity contribution is 5.83. The minimum absolute atomic E-state index is 0.0481. The van der Waals surface area contributed by atoms with E-state index in [2.05, 4.69) is 36.9 Å². The predicted molar refractivity (Wildman–Crippen MR) is 140 cm³/mol. The van der Waals surface area contributed by atoms with E-state index in [9.17, 15) is 18.0 Å². The Hall–Kier alpha value is -3.68. The number of aromatic nitrogens is 2. The van der Waals surface area contributed by atoms with Crippen LogP contribution >= 0.6 is 0 Å². The number of anilines is 1. The quantitative estimate of drug-likeness (QED) is 0.315. The molecule has 2 heterocycles. The smallest absolute Gasteiger partial charge is 0.416 e. The minimum Gasteiger partial charge on any atom is -0.494 e. The van der Waals surface area contributed by atoms with E-state index in [4.69, 9.17) is 4.74 Å². The van der Waals surface area contributed by atoms with E-state index in [-0.39, 0.29) is 23.8 Å². The van der Waals surface area contributed by atoms with Crippen molar-refractivity contribution in [2.45, 2.75) is 45.5 Å². The van der Waals surface area contributed by atoms with E-state index < -0.39 is 11.7 Å². The van der Waals surface area contributed by atoms with Crippen LogP contribution in [0.5, 0.6) is 5.75 Å². The van der Waals surface area contributed by atoms with Gasteiger partial charge in [-0.05, 0) is 61.6 Å². The van der Waals surface area contributed by atoms with Crippen LogP contribution in [0.1, 0.15) is 41.1 Å². The summed E-state index contributed by atoms with van der Waals surface area (Å²) in [5.41, 5.74) is 3.87. The highest BCUT2D eigenvalue weighted by Crippen LogP contribution is 2.35. The molecule has 0 unspecified atom stereocenters. The summed E-state index contributed by atoms with van der Waals surface area (Å²) in [5, 5.41) is 0. The Kier molecular flexibility index (Phi) is 6.52. The normalized spacial score (nSPS) is 14.9. The van der Waals surface area contributed by atoms with E-state index in [1.807, 2.05) is 12.1 Å². The molecule has 0 N–H and O–H groups in total. The fraction of sp³-hybridized carbons (Fsp3) is 0.345. The third-order valence-electron chi connectivity index (χ3n) is 7.40. The Morgan fingerprint density at radius 1 is 0.919 bits per heavy atom. The molecule has 1 saturated heterocycles. The second-order valence-corrected chi connectivity index (χ2v) is 9.68. The number of aryl methyl sites for hydroxylation is 2. The molecule has 1 aromatic heterocycles. The van der Waals surface area contributed by atoms with Gasteiger partial charge in [0.1, 0.15) is 11.3 Å². The van der Waals surface area contributed by atoms with Crippen LogP contribution in [0.4, 0.5) is 18.9 Å². The van der Waals surface area contributed by atoms with Crippen LogP contribution in [0.2, 0.25) is 0 Å². The van der Waals surface area contributed by atoms with E-state index in [1.165, 1.54) is 40.6 Å². The van der Waals surface area contributed by atoms with Gasteiger partial charge in [0, 0.05) is 24.8 Å². The number of halogens is 3. The number of hydrogen-bond donors (Lipinski definition) is 0. The molecule has 0 radical (unpaired) electrons. The number of rotatable bonds is 5. The first-order chi connectivity index (χ1) is 17.7. The van der Waals surface area contributed by atoms with Crippen molar-refractivity contribution in [3.63, 3.8) is 0 Å². The van der Waals surface area contributed by atoms with Crippen LogP contribution in [0, 0.1) is 13.8 Å². The molecule has 194 valence electrons. The third-order valence-corrected chi connectivity index (χ3v) is 7.40. The maximum atomic E-state index is 13.9. The number of para-hydroxylation sites is 2. The first-order valence-electron chi connectivity index (χ1n) is 12.4.